The lowest BCUT2D eigenvalue weighted by Gasteiger charge is -2.32. The van der Waals surface area contributed by atoms with E-state index in [2.05, 4.69) is 5.32 Å². The predicted octanol–water partition coefficient (Wildman–Crippen LogP) is -0.363. The summed E-state index contributed by atoms with van der Waals surface area (Å²) >= 11 is 0. The quantitative estimate of drug-likeness (QED) is 0.721. The van der Waals surface area contributed by atoms with Crippen molar-refractivity contribution in [2.45, 2.75) is 31.7 Å². The number of rotatable bonds is 5. The van der Waals surface area contributed by atoms with E-state index >= 15 is 0 Å². The van der Waals surface area contributed by atoms with Crippen LogP contribution in [0.1, 0.15) is 25.7 Å². The second kappa shape index (κ2) is 5.69. The highest BCUT2D eigenvalue weighted by atomic mass is 32.2. The summed E-state index contributed by atoms with van der Waals surface area (Å²) in [4.78, 5) is 22.8. The molecule has 114 valence electrons. The largest absolute Gasteiger partial charge is 0.481 e. The first kappa shape index (κ1) is 15.2. The first-order valence-electron chi connectivity index (χ1n) is 6.78. The summed E-state index contributed by atoms with van der Waals surface area (Å²) in [5.74, 6) is -2.27. The summed E-state index contributed by atoms with van der Waals surface area (Å²) in [5.41, 5.74) is 0. The number of amides is 1. The van der Waals surface area contributed by atoms with Gasteiger partial charge in [0.1, 0.15) is 0 Å². The van der Waals surface area contributed by atoms with Crippen LogP contribution < -0.4 is 5.32 Å². The van der Waals surface area contributed by atoms with Gasteiger partial charge in [0.15, 0.2) is 0 Å². The maximum Gasteiger partial charge on any atom is 0.307 e. The van der Waals surface area contributed by atoms with Crippen molar-refractivity contribution in [3.05, 3.63) is 0 Å². The van der Waals surface area contributed by atoms with Crippen molar-refractivity contribution in [2.24, 2.45) is 11.8 Å². The number of hydrogen-bond acceptors (Lipinski definition) is 4. The molecule has 1 heterocycles. The van der Waals surface area contributed by atoms with E-state index in [0.717, 1.165) is 12.8 Å². The summed E-state index contributed by atoms with van der Waals surface area (Å²) in [6.07, 6.45) is 3.80. The maximum absolute atomic E-state index is 11.9. The van der Waals surface area contributed by atoms with Gasteiger partial charge in [0.2, 0.25) is 15.9 Å². The smallest absolute Gasteiger partial charge is 0.307 e. The van der Waals surface area contributed by atoms with Crippen molar-refractivity contribution in [1.82, 2.24) is 9.62 Å². The van der Waals surface area contributed by atoms with Crippen LogP contribution >= 0.6 is 0 Å². The van der Waals surface area contributed by atoms with E-state index in [1.807, 2.05) is 0 Å². The number of nitrogens with zero attached hydrogens (tertiary/aromatic N) is 1. The lowest BCUT2D eigenvalue weighted by Crippen LogP contribution is -2.48. The molecule has 2 unspecified atom stereocenters. The molecule has 1 aliphatic carbocycles. The van der Waals surface area contributed by atoms with Crippen LogP contribution in [0.3, 0.4) is 0 Å². The molecule has 0 aromatic carbocycles. The van der Waals surface area contributed by atoms with E-state index in [4.69, 9.17) is 5.11 Å². The van der Waals surface area contributed by atoms with Gasteiger partial charge in [-0.25, -0.2) is 8.42 Å². The Kier molecular flexibility index (Phi) is 4.33. The highest BCUT2D eigenvalue weighted by Gasteiger charge is 2.41. The number of carbonyl (C=O) groups is 2. The van der Waals surface area contributed by atoms with Gasteiger partial charge in [0.05, 0.1) is 18.1 Å². The van der Waals surface area contributed by atoms with Gasteiger partial charge in [-0.1, -0.05) is 0 Å². The molecule has 0 aromatic rings. The average Bonchev–Trinajstić information content (AvgIpc) is 2.71. The minimum atomic E-state index is -3.25. The van der Waals surface area contributed by atoms with Crippen molar-refractivity contribution < 1.29 is 23.1 Å². The topological polar surface area (TPSA) is 104 Å². The van der Waals surface area contributed by atoms with Crippen molar-refractivity contribution in [3.63, 3.8) is 0 Å². The highest BCUT2D eigenvalue weighted by molar-refractivity contribution is 7.88. The Morgan fingerprint density at radius 1 is 1.25 bits per heavy atom. The second-order valence-electron chi connectivity index (χ2n) is 5.54. The normalized spacial score (nSPS) is 30.8. The molecular formula is C12H20N2O5S. The first-order valence-corrected chi connectivity index (χ1v) is 8.63. The van der Waals surface area contributed by atoms with Gasteiger partial charge >= 0.3 is 5.97 Å². The number of carboxylic acid groups (broad SMARTS) is 1. The zero-order valence-corrected chi connectivity index (χ0v) is 12.2. The van der Waals surface area contributed by atoms with Crippen LogP contribution in [-0.4, -0.2) is 55.1 Å². The fourth-order valence-electron chi connectivity index (χ4n) is 2.91. The molecule has 1 amide bonds. The molecule has 2 rings (SSSR count). The number of carboxylic acids is 1. The Bertz CT molecular complexity index is 504. The van der Waals surface area contributed by atoms with E-state index < -0.39 is 27.8 Å². The van der Waals surface area contributed by atoms with E-state index in [1.165, 1.54) is 10.6 Å². The summed E-state index contributed by atoms with van der Waals surface area (Å²) < 4.78 is 24.5. The van der Waals surface area contributed by atoms with Crippen molar-refractivity contribution >= 4 is 21.9 Å². The minimum absolute atomic E-state index is 0.211. The van der Waals surface area contributed by atoms with Gasteiger partial charge < -0.3 is 10.4 Å². The van der Waals surface area contributed by atoms with Gasteiger partial charge in [-0.2, -0.15) is 4.31 Å². The standard InChI is InChI=1S/C12H20N2O5S/c1-20(18,19)14-6-2-3-8(14)7-13-11(15)9-4-5-10(9)12(16)17/h8-10H,2-7H2,1H3,(H,13,15)(H,16,17)/t8-,9?,10?/m1/s1. The monoisotopic (exact) mass is 304 g/mol. The van der Waals surface area contributed by atoms with E-state index in [1.54, 1.807) is 0 Å². The van der Waals surface area contributed by atoms with Crippen LogP contribution in [0.25, 0.3) is 0 Å². The van der Waals surface area contributed by atoms with Crippen LogP contribution in [0.5, 0.6) is 0 Å². The Labute approximate surface area is 118 Å². The van der Waals surface area contributed by atoms with Crippen LogP contribution in [0.2, 0.25) is 0 Å². The van der Waals surface area contributed by atoms with Gasteiger partial charge in [0, 0.05) is 19.1 Å². The SMILES string of the molecule is CS(=O)(=O)N1CCC[C@@H]1CNC(=O)C1CCC1C(=O)O. The number of aliphatic carboxylic acids is 1. The predicted molar refractivity (Wildman–Crippen MR) is 71.4 cm³/mol. The fraction of sp³-hybridized carbons (Fsp3) is 0.833. The second-order valence-corrected chi connectivity index (χ2v) is 7.48. The Balaban J connectivity index is 1.86. The number of carbonyl (C=O) groups excluding carboxylic acids is 1. The number of hydrogen-bond donors (Lipinski definition) is 2. The van der Waals surface area contributed by atoms with Gasteiger partial charge in [-0.05, 0) is 25.7 Å². The van der Waals surface area contributed by atoms with Gasteiger partial charge in [-0.15, -0.1) is 0 Å². The molecule has 1 saturated heterocycles. The molecule has 0 radical (unpaired) electrons. The maximum atomic E-state index is 11.9. The Hall–Kier alpha value is -1.15. The fourth-order valence-corrected chi connectivity index (χ4v) is 4.09. The highest BCUT2D eigenvalue weighted by Crippen LogP contribution is 2.34. The van der Waals surface area contributed by atoms with Crippen molar-refractivity contribution in [3.8, 4) is 0 Å². The minimum Gasteiger partial charge on any atom is -0.481 e. The van der Waals surface area contributed by atoms with E-state index in [0.29, 0.717) is 19.4 Å². The zero-order chi connectivity index (χ0) is 14.9. The average molecular weight is 304 g/mol. The number of nitrogens with one attached hydrogen (secondary N) is 1. The molecule has 0 spiro atoms. The van der Waals surface area contributed by atoms with Crippen molar-refractivity contribution in [2.75, 3.05) is 19.3 Å². The summed E-state index contributed by atoms with van der Waals surface area (Å²) in [5, 5.41) is 11.6. The third-order valence-electron chi connectivity index (χ3n) is 4.19. The molecule has 20 heavy (non-hydrogen) atoms. The molecule has 3 atom stereocenters. The molecule has 0 aromatic heterocycles. The Morgan fingerprint density at radius 3 is 2.40 bits per heavy atom. The molecule has 1 aliphatic heterocycles. The summed E-state index contributed by atoms with van der Waals surface area (Å²) in [6, 6.07) is -0.211. The summed E-state index contributed by atoms with van der Waals surface area (Å²) in [7, 11) is -3.25. The molecule has 2 N–H and O–H groups in total. The molecule has 2 aliphatic rings. The zero-order valence-electron chi connectivity index (χ0n) is 11.4. The molecule has 7 nitrogen and oxygen atoms in total. The van der Waals surface area contributed by atoms with Crippen LogP contribution in [0.15, 0.2) is 0 Å². The van der Waals surface area contributed by atoms with Gasteiger partial charge in [0.25, 0.3) is 0 Å². The number of sulfonamides is 1. The van der Waals surface area contributed by atoms with E-state index in [-0.39, 0.29) is 18.5 Å². The van der Waals surface area contributed by atoms with Gasteiger partial charge in [-0.3, -0.25) is 9.59 Å². The third-order valence-corrected chi connectivity index (χ3v) is 5.52. The molecule has 8 heteroatoms. The molecule has 0 bridgehead atoms. The van der Waals surface area contributed by atoms with E-state index in [9.17, 15) is 18.0 Å². The van der Waals surface area contributed by atoms with Crippen LogP contribution in [0, 0.1) is 11.8 Å². The summed E-state index contributed by atoms with van der Waals surface area (Å²) in [6.45, 7) is 0.745. The van der Waals surface area contributed by atoms with Crippen molar-refractivity contribution in [1.29, 1.82) is 0 Å². The first-order chi connectivity index (χ1) is 9.30. The Morgan fingerprint density at radius 2 is 1.90 bits per heavy atom. The van der Waals surface area contributed by atoms with Crippen LogP contribution in [-0.2, 0) is 19.6 Å². The molecule has 1 saturated carbocycles. The third kappa shape index (κ3) is 3.12. The lowest BCUT2D eigenvalue weighted by atomic mass is 9.73. The lowest BCUT2D eigenvalue weighted by molar-refractivity contribution is -0.152. The molecule has 2 fully saturated rings. The molecular weight excluding hydrogens is 284 g/mol. The van der Waals surface area contributed by atoms with Crippen LogP contribution in [0.4, 0.5) is 0 Å².